The molecule has 0 radical (unpaired) electrons. The van der Waals surface area contributed by atoms with Crippen molar-refractivity contribution in [2.24, 2.45) is 0 Å². The fraction of sp³-hybridized carbons (Fsp3) is 0. The van der Waals surface area contributed by atoms with E-state index in [4.69, 9.17) is 5.26 Å². The van der Waals surface area contributed by atoms with Gasteiger partial charge in [0.25, 0.3) is 0 Å². The van der Waals surface area contributed by atoms with Crippen molar-refractivity contribution in [2.45, 2.75) is 0 Å². The van der Waals surface area contributed by atoms with Crippen molar-refractivity contribution in [2.75, 3.05) is 0 Å². The van der Waals surface area contributed by atoms with Crippen LogP contribution in [0.15, 0.2) is 73.1 Å². The van der Waals surface area contributed by atoms with Crippen LogP contribution in [0.2, 0.25) is 0 Å². The Bertz CT molecular complexity index is 1190. The fourth-order valence-electron chi connectivity index (χ4n) is 3.03. The van der Waals surface area contributed by atoms with Crippen LogP contribution < -0.4 is 0 Å². The van der Waals surface area contributed by atoms with Crippen molar-refractivity contribution >= 4 is 17.0 Å². The van der Waals surface area contributed by atoms with Crippen molar-refractivity contribution < 1.29 is 9.90 Å². The molecule has 0 aliphatic rings. The Balaban J connectivity index is 1.85. The Morgan fingerprint density at radius 2 is 1.88 bits per heavy atom. The average molecular weight is 339 g/mol. The summed E-state index contributed by atoms with van der Waals surface area (Å²) in [4.78, 5) is 15.9. The second kappa shape index (κ2) is 6.19. The van der Waals surface area contributed by atoms with Crippen LogP contribution in [0.5, 0.6) is 0 Å². The van der Waals surface area contributed by atoms with Gasteiger partial charge < -0.3 is 5.11 Å². The molecule has 0 bridgehead atoms. The van der Waals surface area contributed by atoms with Crippen molar-refractivity contribution in [1.29, 1.82) is 5.26 Å². The maximum Gasteiger partial charge on any atom is 0.336 e. The van der Waals surface area contributed by atoms with Crippen LogP contribution in [0.25, 0.3) is 27.8 Å². The molecule has 5 heteroatoms. The molecule has 0 spiro atoms. The second-order valence-corrected chi connectivity index (χ2v) is 5.83. The largest absolute Gasteiger partial charge is 0.478 e. The van der Waals surface area contributed by atoms with Crippen LogP contribution in [0.4, 0.5) is 0 Å². The third kappa shape index (κ3) is 2.60. The predicted molar refractivity (Wildman–Crippen MR) is 98.2 cm³/mol. The Morgan fingerprint density at radius 1 is 1.04 bits per heavy atom. The summed E-state index contributed by atoms with van der Waals surface area (Å²) in [5.74, 6) is -0.955. The topological polar surface area (TPSA) is 78.9 Å². The van der Waals surface area contributed by atoms with Gasteiger partial charge in [-0.15, -0.1) is 0 Å². The molecule has 4 rings (SSSR count). The molecule has 1 N–H and O–H groups in total. The van der Waals surface area contributed by atoms with Gasteiger partial charge in [-0.25, -0.2) is 9.78 Å². The van der Waals surface area contributed by atoms with E-state index in [-0.39, 0.29) is 5.56 Å². The monoisotopic (exact) mass is 339 g/mol. The smallest absolute Gasteiger partial charge is 0.336 e. The minimum atomic E-state index is -0.955. The van der Waals surface area contributed by atoms with Gasteiger partial charge in [0.2, 0.25) is 0 Å². The molecule has 0 unspecified atom stereocenters. The van der Waals surface area contributed by atoms with Crippen molar-refractivity contribution in [3.8, 4) is 22.9 Å². The fourth-order valence-corrected chi connectivity index (χ4v) is 3.03. The number of carbonyl (C=O) groups is 1. The van der Waals surface area contributed by atoms with E-state index in [9.17, 15) is 9.90 Å². The molecule has 1 heterocycles. The molecule has 0 fully saturated rings. The average Bonchev–Trinajstić information content (AvgIpc) is 3.11. The summed E-state index contributed by atoms with van der Waals surface area (Å²) in [5.41, 5.74) is 4.79. The first-order valence-electron chi connectivity index (χ1n) is 7.98. The summed E-state index contributed by atoms with van der Waals surface area (Å²) in [6.07, 6.45) is 1.70. The van der Waals surface area contributed by atoms with E-state index in [0.29, 0.717) is 11.1 Å². The molecule has 4 aromatic rings. The van der Waals surface area contributed by atoms with Gasteiger partial charge in [-0.2, -0.15) is 5.26 Å². The third-order valence-corrected chi connectivity index (χ3v) is 4.27. The second-order valence-electron chi connectivity index (χ2n) is 5.83. The predicted octanol–water partition coefficient (Wildman–Crippen LogP) is 4.26. The van der Waals surface area contributed by atoms with Crippen LogP contribution in [0.1, 0.15) is 15.9 Å². The lowest BCUT2D eigenvalue weighted by Crippen LogP contribution is -1.99. The number of rotatable bonds is 3. The molecule has 0 saturated carbocycles. The number of carboxylic acids is 1. The minimum absolute atomic E-state index is 0.263. The quantitative estimate of drug-likeness (QED) is 0.605. The Kier molecular flexibility index (Phi) is 3.71. The first-order valence-corrected chi connectivity index (χ1v) is 7.98. The number of nitrogens with zero attached hydrogens (tertiary/aromatic N) is 3. The maximum absolute atomic E-state index is 11.5. The van der Waals surface area contributed by atoms with E-state index >= 15 is 0 Å². The lowest BCUT2D eigenvalue weighted by Gasteiger charge is -2.10. The molecule has 0 amide bonds. The number of benzene rings is 3. The number of hydrogen-bond donors (Lipinski definition) is 1. The van der Waals surface area contributed by atoms with Gasteiger partial charge in [-0.3, -0.25) is 4.57 Å². The molecule has 0 atom stereocenters. The van der Waals surface area contributed by atoms with Crippen LogP contribution in [0, 0.1) is 11.3 Å². The van der Waals surface area contributed by atoms with Gasteiger partial charge in [0.05, 0.1) is 28.2 Å². The zero-order valence-corrected chi connectivity index (χ0v) is 13.6. The highest BCUT2D eigenvalue weighted by Crippen LogP contribution is 2.27. The van der Waals surface area contributed by atoms with Crippen LogP contribution in [0.3, 0.4) is 0 Å². The maximum atomic E-state index is 11.5. The molecule has 124 valence electrons. The molecular weight excluding hydrogens is 326 g/mol. The highest BCUT2D eigenvalue weighted by Gasteiger charge is 2.12. The van der Waals surface area contributed by atoms with E-state index in [1.54, 1.807) is 36.7 Å². The summed E-state index contributed by atoms with van der Waals surface area (Å²) in [7, 11) is 0. The molecular formula is C21H13N3O2. The summed E-state index contributed by atoms with van der Waals surface area (Å²) < 4.78 is 1.92. The van der Waals surface area contributed by atoms with Crippen molar-refractivity contribution in [1.82, 2.24) is 9.55 Å². The molecule has 0 aliphatic carbocycles. The van der Waals surface area contributed by atoms with Gasteiger partial charge in [-0.05, 0) is 47.5 Å². The standard InChI is InChI=1S/C21H13N3O2/c22-12-14-8-9-20-19(10-14)23-13-24(20)16-5-3-4-15(11-16)17-6-1-2-7-18(17)21(25)26/h1-11,13H,(H,25,26). The molecule has 5 nitrogen and oxygen atoms in total. The first kappa shape index (κ1) is 15.6. The number of hydrogen-bond acceptors (Lipinski definition) is 3. The van der Waals surface area contributed by atoms with Gasteiger partial charge in [0.15, 0.2) is 0 Å². The lowest BCUT2D eigenvalue weighted by molar-refractivity contribution is 0.0697. The van der Waals surface area contributed by atoms with Crippen molar-refractivity contribution in [3.63, 3.8) is 0 Å². The number of aromatic carboxylic acids is 1. The van der Waals surface area contributed by atoms with Gasteiger partial charge in [0, 0.05) is 5.69 Å². The number of carboxylic acid groups (broad SMARTS) is 1. The van der Waals surface area contributed by atoms with E-state index < -0.39 is 5.97 Å². The number of aromatic nitrogens is 2. The lowest BCUT2D eigenvalue weighted by atomic mass is 9.99. The molecule has 3 aromatic carbocycles. The van der Waals surface area contributed by atoms with Crippen LogP contribution >= 0.6 is 0 Å². The molecule has 1 aromatic heterocycles. The van der Waals surface area contributed by atoms with Crippen LogP contribution in [-0.4, -0.2) is 20.6 Å². The number of fused-ring (bicyclic) bond motifs is 1. The van der Waals surface area contributed by atoms with Crippen molar-refractivity contribution in [3.05, 3.63) is 84.2 Å². The third-order valence-electron chi connectivity index (χ3n) is 4.27. The first-order chi connectivity index (χ1) is 12.7. The number of nitriles is 1. The summed E-state index contributed by atoms with van der Waals surface area (Å²) in [6, 6.07) is 22.0. The molecule has 0 aliphatic heterocycles. The normalized spacial score (nSPS) is 10.6. The Hall–Kier alpha value is -3.91. The SMILES string of the molecule is N#Cc1ccc2c(c1)ncn2-c1cccc(-c2ccccc2C(=O)O)c1. The van der Waals surface area contributed by atoms with E-state index in [2.05, 4.69) is 11.1 Å². The van der Waals surface area contributed by atoms with Crippen LogP contribution in [-0.2, 0) is 0 Å². The number of imidazole rings is 1. The summed E-state index contributed by atoms with van der Waals surface area (Å²) in [5, 5.41) is 18.5. The van der Waals surface area contributed by atoms with E-state index in [1.165, 1.54) is 0 Å². The minimum Gasteiger partial charge on any atom is -0.478 e. The zero-order valence-electron chi connectivity index (χ0n) is 13.6. The van der Waals surface area contributed by atoms with E-state index in [1.807, 2.05) is 41.0 Å². The Labute approximate surface area is 149 Å². The molecule has 26 heavy (non-hydrogen) atoms. The molecule has 0 saturated heterocycles. The summed E-state index contributed by atoms with van der Waals surface area (Å²) >= 11 is 0. The highest BCUT2D eigenvalue weighted by molar-refractivity contribution is 5.96. The van der Waals surface area contributed by atoms with Gasteiger partial charge in [0.1, 0.15) is 6.33 Å². The van der Waals surface area contributed by atoms with Gasteiger partial charge >= 0.3 is 5.97 Å². The van der Waals surface area contributed by atoms with Gasteiger partial charge in [-0.1, -0.05) is 30.3 Å². The highest BCUT2D eigenvalue weighted by atomic mass is 16.4. The van der Waals surface area contributed by atoms with E-state index in [0.717, 1.165) is 22.3 Å². The zero-order chi connectivity index (χ0) is 18.1. The summed E-state index contributed by atoms with van der Waals surface area (Å²) in [6.45, 7) is 0. The Morgan fingerprint density at radius 3 is 2.69 bits per heavy atom.